The Bertz CT molecular complexity index is 1190. The smallest absolute Gasteiger partial charge is 0.344 e. The van der Waals surface area contributed by atoms with Crippen LogP contribution in [0.2, 0.25) is 5.02 Å². The quantitative estimate of drug-likeness (QED) is 0.515. The van der Waals surface area contributed by atoms with Gasteiger partial charge in [0.1, 0.15) is 11.2 Å². The molecule has 1 atom stereocenters. The predicted octanol–water partition coefficient (Wildman–Crippen LogP) is 4.09. The highest BCUT2D eigenvalue weighted by Crippen LogP contribution is 2.44. The fraction of sp³-hybridized carbons (Fsp3) is 0.182. The second-order valence-electron chi connectivity index (χ2n) is 6.95. The maximum atomic E-state index is 12.9. The van der Waals surface area contributed by atoms with Gasteiger partial charge in [0.2, 0.25) is 5.88 Å². The lowest BCUT2D eigenvalue weighted by Gasteiger charge is -2.28. The summed E-state index contributed by atoms with van der Waals surface area (Å²) in [5, 5.41) is 1.11. The number of halogens is 1. The molecule has 6 nitrogen and oxygen atoms in total. The first-order valence-electron chi connectivity index (χ1n) is 9.06. The summed E-state index contributed by atoms with van der Waals surface area (Å²) in [6.45, 7) is 3.46. The molecule has 1 aromatic heterocycles. The van der Waals surface area contributed by atoms with Crippen molar-refractivity contribution in [2.45, 2.75) is 25.9 Å². The predicted molar refractivity (Wildman–Crippen MR) is 109 cm³/mol. The molecule has 0 radical (unpaired) electrons. The molecule has 3 aromatic rings. The maximum Gasteiger partial charge on any atom is 0.344 e. The van der Waals surface area contributed by atoms with Crippen molar-refractivity contribution in [2.24, 2.45) is 5.73 Å². The fourth-order valence-electron chi connectivity index (χ4n) is 3.43. The minimum absolute atomic E-state index is 0.0519. The van der Waals surface area contributed by atoms with Gasteiger partial charge >= 0.3 is 11.6 Å². The van der Waals surface area contributed by atoms with Crippen molar-refractivity contribution in [3.05, 3.63) is 86.6 Å². The Kier molecular flexibility index (Phi) is 4.80. The maximum absolute atomic E-state index is 12.9. The molecular weight excluding hydrogens is 394 g/mol. The van der Waals surface area contributed by atoms with E-state index in [4.69, 9.17) is 31.2 Å². The highest BCUT2D eigenvalue weighted by molar-refractivity contribution is 6.30. The number of para-hydroxylation sites is 1. The molecule has 0 spiro atoms. The van der Waals surface area contributed by atoms with Gasteiger partial charge in [0.25, 0.3) is 0 Å². The molecule has 1 aliphatic rings. The zero-order valence-corrected chi connectivity index (χ0v) is 16.5. The van der Waals surface area contributed by atoms with Crippen LogP contribution >= 0.6 is 11.6 Å². The van der Waals surface area contributed by atoms with Crippen LogP contribution < -0.4 is 16.1 Å². The van der Waals surface area contributed by atoms with E-state index in [9.17, 15) is 9.59 Å². The molecule has 4 rings (SSSR count). The third-order valence-corrected chi connectivity index (χ3v) is 4.87. The van der Waals surface area contributed by atoms with Gasteiger partial charge in [-0.2, -0.15) is 0 Å². The molecule has 0 saturated heterocycles. The number of nitrogens with two attached hydrogens (primary N) is 1. The van der Waals surface area contributed by atoms with Crippen molar-refractivity contribution < 1.29 is 18.7 Å². The topological polar surface area (TPSA) is 91.8 Å². The van der Waals surface area contributed by atoms with Crippen molar-refractivity contribution in [3.8, 4) is 5.75 Å². The second kappa shape index (κ2) is 7.29. The Morgan fingerprint density at radius 1 is 1.14 bits per heavy atom. The average molecular weight is 412 g/mol. The molecular formula is C22H18ClNO5. The van der Waals surface area contributed by atoms with Crippen LogP contribution in [0.4, 0.5) is 0 Å². The van der Waals surface area contributed by atoms with E-state index in [1.807, 2.05) is 0 Å². The molecule has 0 fully saturated rings. The number of carbonyl (C=O) groups is 1. The summed E-state index contributed by atoms with van der Waals surface area (Å²) in [5.74, 6) is -1.31. The zero-order chi connectivity index (χ0) is 20.7. The SMILES string of the molecule is CC(C)OC(=O)C1=C(N)Oc2c(c(=O)oc3ccccc23)[C@H]1c1ccc(Cl)cc1. The highest BCUT2D eigenvalue weighted by atomic mass is 35.5. The van der Waals surface area contributed by atoms with Gasteiger partial charge in [0, 0.05) is 5.02 Å². The standard InChI is InChI=1S/C22H18ClNO5/c1-11(2)27-22(26)18-16(12-7-9-13(23)10-8-12)17-19(29-20(18)24)14-5-3-4-6-15(14)28-21(17)25/h3-11,16H,24H2,1-2H3/t16-/m1/s1. The van der Waals surface area contributed by atoms with Crippen LogP contribution in [0.15, 0.2) is 69.2 Å². The molecule has 0 bridgehead atoms. The van der Waals surface area contributed by atoms with Crippen molar-refractivity contribution in [2.75, 3.05) is 0 Å². The zero-order valence-electron chi connectivity index (χ0n) is 15.8. The lowest BCUT2D eigenvalue weighted by Crippen LogP contribution is -2.31. The van der Waals surface area contributed by atoms with E-state index in [-0.39, 0.29) is 28.9 Å². The summed E-state index contributed by atoms with van der Waals surface area (Å²) >= 11 is 6.02. The van der Waals surface area contributed by atoms with Gasteiger partial charge in [0.15, 0.2) is 5.75 Å². The fourth-order valence-corrected chi connectivity index (χ4v) is 3.56. The van der Waals surface area contributed by atoms with Crippen molar-refractivity contribution in [3.63, 3.8) is 0 Å². The number of rotatable bonds is 3. The molecule has 2 N–H and O–H groups in total. The van der Waals surface area contributed by atoms with Crippen LogP contribution in [0.1, 0.15) is 30.9 Å². The summed E-state index contributed by atoms with van der Waals surface area (Å²) in [6, 6.07) is 13.8. The molecule has 7 heteroatoms. The van der Waals surface area contributed by atoms with Crippen LogP contribution in [-0.2, 0) is 9.53 Å². The summed E-state index contributed by atoms with van der Waals surface area (Å²) < 4.78 is 16.7. The number of carbonyl (C=O) groups excluding carboxylic acids is 1. The summed E-state index contributed by atoms with van der Waals surface area (Å²) in [4.78, 5) is 25.8. The van der Waals surface area contributed by atoms with Crippen molar-refractivity contribution in [1.82, 2.24) is 0 Å². The Morgan fingerprint density at radius 2 is 1.83 bits per heavy atom. The van der Waals surface area contributed by atoms with Crippen molar-refractivity contribution >= 4 is 28.5 Å². The third-order valence-electron chi connectivity index (χ3n) is 4.62. The van der Waals surface area contributed by atoms with Gasteiger partial charge in [0.05, 0.1) is 23.0 Å². The first kappa shape index (κ1) is 19.1. The summed E-state index contributed by atoms with van der Waals surface area (Å²) in [5.41, 5.74) is 6.81. The van der Waals surface area contributed by atoms with E-state index in [1.54, 1.807) is 62.4 Å². The highest BCUT2D eigenvalue weighted by Gasteiger charge is 2.39. The van der Waals surface area contributed by atoms with E-state index in [0.717, 1.165) is 0 Å². The van der Waals surface area contributed by atoms with Crippen LogP contribution in [0.3, 0.4) is 0 Å². The second-order valence-corrected chi connectivity index (χ2v) is 7.38. The molecule has 0 unspecified atom stereocenters. The molecule has 0 amide bonds. The monoisotopic (exact) mass is 411 g/mol. The normalized spacial score (nSPS) is 15.9. The summed E-state index contributed by atoms with van der Waals surface area (Å²) in [7, 11) is 0. The summed E-state index contributed by atoms with van der Waals surface area (Å²) in [6.07, 6.45) is -0.372. The van der Waals surface area contributed by atoms with Gasteiger partial charge in [-0.1, -0.05) is 35.9 Å². The number of esters is 1. The lowest BCUT2D eigenvalue weighted by atomic mass is 9.83. The van der Waals surface area contributed by atoms with Crippen LogP contribution in [-0.4, -0.2) is 12.1 Å². The van der Waals surface area contributed by atoms with Crippen molar-refractivity contribution in [1.29, 1.82) is 0 Å². The molecule has 0 saturated carbocycles. The number of ether oxygens (including phenoxy) is 2. The Balaban J connectivity index is 2.01. The number of benzene rings is 2. The van der Waals surface area contributed by atoms with E-state index < -0.39 is 17.5 Å². The first-order chi connectivity index (χ1) is 13.9. The number of hydrogen-bond acceptors (Lipinski definition) is 6. The number of hydrogen-bond donors (Lipinski definition) is 1. The Morgan fingerprint density at radius 3 is 2.52 bits per heavy atom. The molecule has 0 aliphatic carbocycles. The van der Waals surface area contributed by atoms with Crippen LogP contribution in [0.5, 0.6) is 5.75 Å². The van der Waals surface area contributed by atoms with E-state index in [1.165, 1.54) is 0 Å². The molecule has 2 heterocycles. The van der Waals surface area contributed by atoms with Gasteiger partial charge in [-0.25, -0.2) is 9.59 Å². The molecule has 148 valence electrons. The number of fused-ring (bicyclic) bond motifs is 3. The van der Waals surface area contributed by atoms with Gasteiger partial charge in [-0.3, -0.25) is 0 Å². The minimum atomic E-state index is -0.817. The Labute approximate surface area is 171 Å². The lowest BCUT2D eigenvalue weighted by molar-refractivity contribution is -0.143. The van der Waals surface area contributed by atoms with Gasteiger partial charge in [-0.15, -0.1) is 0 Å². The Hall–Kier alpha value is -3.25. The van der Waals surface area contributed by atoms with Crippen LogP contribution in [0.25, 0.3) is 11.0 Å². The average Bonchev–Trinajstić information content (AvgIpc) is 2.67. The van der Waals surface area contributed by atoms with E-state index in [0.29, 0.717) is 21.6 Å². The van der Waals surface area contributed by atoms with E-state index >= 15 is 0 Å². The molecule has 1 aliphatic heterocycles. The largest absolute Gasteiger partial charge is 0.459 e. The molecule has 29 heavy (non-hydrogen) atoms. The van der Waals surface area contributed by atoms with Gasteiger partial charge < -0.3 is 19.6 Å². The van der Waals surface area contributed by atoms with Crippen LogP contribution in [0, 0.1) is 0 Å². The minimum Gasteiger partial charge on any atom is -0.459 e. The van der Waals surface area contributed by atoms with E-state index in [2.05, 4.69) is 0 Å². The first-order valence-corrected chi connectivity index (χ1v) is 9.44. The third kappa shape index (κ3) is 3.36. The van der Waals surface area contributed by atoms with Gasteiger partial charge in [-0.05, 0) is 43.7 Å². The molecule has 2 aromatic carbocycles.